The fourth-order valence-corrected chi connectivity index (χ4v) is 2.75. The van der Waals surface area contributed by atoms with Crippen LogP contribution in [0.15, 0.2) is 42.5 Å². The quantitative estimate of drug-likeness (QED) is 0.796. The van der Waals surface area contributed by atoms with E-state index in [4.69, 9.17) is 0 Å². The molecule has 0 radical (unpaired) electrons. The zero-order valence-electron chi connectivity index (χ0n) is 14.1. The van der Waals surface area contributed by atoms with E-state index in [1.54, 1.807) is 18.2 Å². The second-order valence-corrected chi connectivity index (χ2v) is 5.42. The van der Waals surface area contributed by atoms with Gasteiger partial charge in [-0.05, 0) is 38.5 Å². The summed E-state index contributed by atoms with van der Waals surface area (Å²) < 4.78 is 1.28. The maximum Gasteiger partial charge on any atom is 0.0757 e. The second kappa shape index (κ2) is 8.54. The molecule has 0 N–H and O–H groups in total. The minimum absolute atomic E-state index is 0.248. The first-order valence-corrected chi connectivity index (χ1v) is 8.07. The molecule has 0 aliphatic heterocycles. The van der Waals surface area contributed by atoms with E-state index in [9.17, 15) is 9.90 Å². The number of nitrogens with zero attached hydrogens (tertiary/aromatic N) is 1. The van der Waals surface area contributed by atoms with Crippen molar-refractivity contribution >= 4 is 16.7 Å². The molecule has 0 saturated heterocycles. The molecular formula is C19H27NO2. The zero-order chi connectivity index (χ0) is 16.6. The highest BCUT2D eigenvalue weighted by Gasteiger charge is 2.16. The summed E-state index contributed by atoms with van der Waals surface area (Å²) in [5.41, 5.74) is 0.248. The maximum atomic E-state index is 10.7. The zero-order valence-corrected chi connectivity index (χ0v) is 14.1. The van der Waals surface area contributed by atoms with Crippen LogP contribution in [0.2, 0.25) is 0 Å². The Hall–Kier alpha value is -1.87. The van der Waals surface area contributed by atoms with E-state index < -0.39 is 5.97 Å². The first-order valence-electron chi connectivity index (χ1n) is 8.07. The Kier molecular flexibility index (Phi) is 7.06. The number of hydrogen-bond donors (Lipinski definition) is 0. The number of quaternary nitrogens is 1. The maximum absolute atomic E-state index is 10.7. The molecule has 0 aliphatic carbocycles. The number of benzene rings is 2. The lowest BCUT2D eigenvalue weighted by molar-refractivity contribution is -0.921. The molecule has 0 bridgehead atoms. The van der Waals surface area contributed by atoms with Crippen LogP contribution in [0.4, 0.5) is 0 Å². The number of carbonyl (C=O) groups excluding carboxylic acids is 1. The van der Waals surface area contributed by atoms with Gasteiger partial charge in [0.2, 0.25) is 0 Å². The van der Waals surface area contributed by atoms with Crippen molar-refractivity contribution in [3.05, 3.63) is 48.0 Å². The summed E-state index contributed by atoms with van der Waals surface area (Å²) in [7, 11) is 0. The average Bonchev–Trinajstić information content (AvgIpc) is 2.57. The molecule has 0 heterocycles. The van der Waals surface area contributed by atoms with Crippen LogP contribution >= 0.6 is 0 Å². The third-order valence-electron chi connectivity index (χ3n) is 4.69. The topological polar surface area (TPSA) is 40.1 Å². The van der Waals surface area contributed by atoms with Crippen molar-refractivity contribution in [3.63, 3.8) is 0 Å². The minimum atomic E-state index is -1.13. The SMILES string of the molecule is CC[N+](CC)(CC)CC.O=C([O-])c1cccc2ccccc12. The van der Waals surface area contributed by atoms with Gasteiger partial charge < -0.3 is 14.4 Å². The molecule has 3 heteroatoms. The number of aromatic carboxylic acids is 1. The van der Waals surface area contributed by atoms with Gasteiger partial charge in [-0.25, -0.2) is 0 Å². The van der Waals surface area contributed by atoms with Gasteiger partial charge in [0.25, 0.3) is 0 Å². The summed E-state index contributed by atoms with van der Waals surface area (Å²) in [6.45, 7) is 14.2. The van der Waals surface area contributed by atoms with Gasteiger partial charge in [0.1, 0.15) is 0 Å². The highest BCUT2D eigenvalue weighted by Crippen LogP contribution is 2.17. The Morgan fingerprint density at radius 2 is 1.36 bits per heavy atom. The summed E-state index contributed by atoms with van der Waals surface area (Å²) in [6, 6.07) is 12.5. The number of fused-ring (bicyclic) bond motifs is 1. The van der Waals surface area contributed by atoms with Crippen LogP contribution in [-0.2, 0) is 0 Å². The summed E-state index contributed by atoms with van der Waals surface area (Å²) in [5, 5.41) is 12.4. The van der Waals surface area contributed by atoms with Crippen LogP contribution in [0, 0.1) is 0 Å². The van der Waals surface area contributed by atoms with E-state index in [0.29, 0.717) is 0 Å². The van der Waals surface area contributed by atoms with E-state index in [1.807, 2.05) is 24.3 Å². The summed E-state index contributed by atoms with van der Waals surface area (Å²) in [5.74, 6) is -1.13. The molecule has 0 atom stereocenters. The molecule has 0 fully saturated rings. The van der Waals surface area contributed by atoms with Crippen molar-refractivity contribution in [3.8, 4) is 0 Å². The molecule has 3 nitrogen and oxygen atoms in total. The van der Waals surface area contributed by atoms with Crippen molar-refractivity contribution in [2.24, 2.45) is 0 Å². The molecule has 0 aromatic heterocycles. The smallest absolute Gasteiger partial charge is 0.0757 e. The molecule has 2 rings (SSSR count). The molecule has 0 spiro atoms. The molecule has 0 unspecified atom stereocenters. The van der Waals surface area contributed by atoms with Gasteiger partial charge in [0.15, 0.2) is 0 Å². The van der Waals surface area contributed by atoms with Crippen LogP contribution in [0.1, 0.15) is 38.1 Å². The van der Waals surface area contributed by atoms with Gasteiger partial charge in [-0.15, -0.1) is 0 Å². The van der Waals surface area contributed by atoms with Crippen LogP contribution in [0.25, 0.3) is 10.8 Å². The monoisotopic (exact) mass is 301 g/mol. The van der Waals surface area contributed by atoms with Crippen molar-refractivity contribution in [1.29, 1.82) is 0 Å². The van der Waals surface area contributed by atoms with Gasteiger partial charge in [0, 0.05) is 5.56 Å². The summed E-state index contributed by atoms with van der Waals surface area (Å²) in [4.78, 5) is 10.7. The number of carboxylic acid groups (broad SMARTS) is 1. The summed E-state index contributed by atoms with van der Waals surface area (Å²) >= 11 is 0. The molecule has 0 saturated carbocycles. The average molecular weight is 301 g/mol. The Morgan fingerprint density at radius 3 is 1.82 bits per heavy atom. The normalized spacial score (nSPS) is 10.9. The Balaban J connectivity index is 0.000000239. The predicted octanol–water partition coefficient (Wildman–Crippen LogP) is 3.09. The lowest BCUT2D eigenvalue weighted by Gasteiger charge is -2.34. The lowest BCUT2D eigenvalue weighted by atomic mass is 10.1. The highest BCUT2D eigenvalue weighted by molar-refractivity contribution is 6.02. The largest absolute Gasteiger partial charge is 0.545 e. The highest BCUT2D eigenvalue weighted by atomic mass is 16.4. The van der Waals surface area contributed by atoms with E-state index >= 15 is 0 Å². The van der Waals surface area contributed by atoms with Gasteiger partial charge >= 0.3 is 0 Å². The van der Waals surface area contributed by atoms with Crippen molar-refractivity contribution in [2.75, 3.05) is 26.2 Å². The fourth-order valence-electron chi connectivity index (χ4n) is 2.75. The van der Waals surface area contributed by atoms with E-state index in [-0.39, 0.29) is 5.56 Å². The minimum Gasteiger partial charge on any atom is -0.545 e. The van der Waals surface area contributed by atoms with Crippen LogP contribution in [-0.4, -0.2) is 36.6 Å². The van der Waals surface area contributed by atoms with Crippen molar-refractivity contribution in [1.82, 2.24) is 0 Å². The van der Waals surface area contributed by atoms with E-state index in [1.165, 1.54) is 30.7 Å². The number of rotatable bonds is 5. The molecule has 2 aromatic carbocycles. The number of carbonyl (C=O) groups is 1. The van der Waals surface area contributed by atoms with Gasteiger partial charge in [-0.1, -0.05) is 42.5 Å². The van der Waals surface area contributed by atoms with Gasteiger partial charge in [0.05, 0.1) is 32.1 Å². The third-order valence-corrected chi connectivity index (χ3v) is 4.69. The van der Waals surface area contributed by atoms with Gasteiger partial charge in [-0.2, -0.15) is 0 Å². The van der Waals surface area contributed by atoms with Crippen LogP contribution < -0.4 is 5.11 Å². The number of carboxylic acids is 1. The van der Waals surface area contributed by atoms with Crippen LogP contribution in [0.3, 0.4) is 0 Å². The van der Waals surface area contributed by atoms with Gasteiger partial charge in [-0.3, -0.25) is 0 Å². The van der Waals surface area contributed by atoms with Crippen molar-refractivity contribution in [2.45, 2.75) is 27.7 Å². The molecule has 22 heavy (non-hydrogen) atoms. The lowest BCUT2D eigenvalue weighted by Crippen LogP contribution is -2.47. The Bertz CT molecular complexity index is 580. The number of hydrogen-bond acceptors (Lipinski definition) is 2. The molecule has 0 amide bonds. The molecule has 2 aromatic rings. The first-order chi connectivity index (χ1) is 10.5. The second-order valence-electron chi connectivity index (χ2n) is 5.42. The molecule has 120 valence electrons. The standard InChI is InChI=1S/C11H8O2.C8H20N/c12-11(13)10-7-3-5-8-4-1-2-6-9(8)10;1-5-9(6-2,7-3)8-4/h1-7H,(H,12,13);5-8H2,1-4H3/q;+1/p-1. The Labute approximate surface area is 133 Å². The summed E-state index contributed by atoms with van der Waals surface area (Å²) in [6.07, 6.45) is 0. The Morgan fingerprint density at radius 1 is 0.864 bits per heavy atom. The predicted molar refractivity (Wildman–Crippen MR) is 90.7 cm³/mol. The van der Waals surface area contributed by atoms with Crippen molar-refractivity contribution < 1.29 is 14.4 Å². The van der Waals surface area contributed by atoms with E-state index in [2.05, 4.69) is 27.7 Å². The molecular weight excluding hydrogens is 274 g/mol. The first kappa shape index (κ1) is 18.2. The van der Waals surface area contributed by atoms with Crippen LogP contribution in [0.5, 0.6) is 0 Å². The van der Waals surface area contributed by atoms with E-state index in [0.717, 1.165) is 10.8 Å². The third kappa shape index (κ3) is 4.31. The fraction of sp³-hybridized carbons (Fsp3) is 0.421. The molecule has 0 aliphatic rings.